The number of sulfone groups is 1. The molecule has 1 aromatic carbocycles. The molecule has 2 rings (SSSR count). The van der Waals surface area contributed by atoms with Gasteiger partial charge in [-0.2, -0.15) is 0 Å². The van der Waals surface area contributed by atoms with Crippen molar-refractivity contribution in [2.75, 3.05) is 51.3 Å². The number of halogens is 2. The molecule has 148 valence electrons. The summed E-state index contributed by atoms with van der Waals surface area (Å²) < 4.78 is 35.9. The zero-order chi connectivity index (χ0) is 18.3. The largest absolute Gasteiger partial charge is 0.357 e. The van der Waals surface area contributed by atoms with E-state index < -0.39 is 9.84 Å². The van der Waals surface area contributed by atoms with Gasteiger partial charge in [-0.25, -0.2) is 12.8 Å². The number of guanidine groups is 1. The van der Waals surface area contributed by atoms with Crippen molar-refractivity contribution >= 4 is 39.8 Å². The van der Waals surface area contributed by atoms with Crippen molar-refractivity contribution in [1.82, 2.24) is 15.1 Å². The quantitative estimate of drug-likeness (QED) is 0.367. The zero-order valence-electron chi connectivity index (χ0n) is 15.3. The number of nitrogens with one attached hydrogen (secondary N) is 1. The summed E-state index contributed by atoms with van der Waals surface area (Å²) >= 11 is 0. The highest BCUT2D eigenvalue weighted by atomic mass is 127. The Morgan fingerprint density at radius 3 is 2.46 bits per heavy atom. The van der Waals surface area contributed by atoms with Gasteiger partial charge in [0.15, 0.2) is 15.8 Å². The lowest BCUT2D eigenvalue weighted by Gasteiger charge is -2.26. The van der Waals surface area contributed by atoms with Gasteiger partial charge in [0.1, 0.15) is 5.82 Å². The molecule has 1 aromatic rings. The fourth-order valence-corrected chi connectivity index (χ4v) is 3.96. The molecule has 9 heteroatoms. The van der Waals surface area contributed by atoms with Crippen LogP contribution < -0.4 is 5.32 Å². The number of aliphatic imine (C=N–C) groups is 1. The summed E-state index contributed by atoms with van der Waals surface area (Å²) in [4.78, 5) is 8.75. The van der Waals surface area contributed by atoms with E-state index >= 15 is 0 Å². The molecule has 1 aliphatic rings. The molecule has 0 bridgehead atoms. The SMILES string of the molecule is CCNC(=NCCN1CCS(=O)(=O)CC1)N(C)Cc1ccc(F)cc1.I. The first-order chi connectivity index (χ1) is 11.9. The summed E-state index contributed by atoms with van der Waals surface area (Å²) in [7, 11) is -0.899. The lowest BCUT2D eigenvalue weighted by molar-refractivity contribution is 0.303. The van der Waals surface area contributed by atoms with Crippen molar-refractivity contribution in [2.45, 2.75) is 13.5 Å². The van der Waals surface area contributed by atoms with Crippen molar-refractivity contribution in [2.24, 2.45) is 4.99 Å². The van der Waals surface area contributed by atoms with E-state index in [0.29, 0.717) is 26.2 Å². The molecule has 1 N–H and O–H groups in total. The van der Waals surface area contributed by atoms with Crippen LogP contribution in [0.2, 0.25) is 0 Å². The van der Waals surface area contributed by atoms with E-state index in [0.717, 1.165) is 24.6 Å². The fourth-order valence-electron chi connectivity index (χ4n) is 2.68. The van der Waals surface area contributed by atoms with Gasteiger partial charge in [-0.15, -0.1) is 24.0 Å². The van der Waals surface area contributed by atoms with Crippen LogP contribution in [-0.4, -0.2) is 75.5 Å². The van der Waals surface area contributed by atoms with E-state index in [1.54, 1.807) is 12.1 Å². The second-order valence-corrected chi connectivity index (χ2v) is 8.52. The van der Waals surface area contributed by atoms with E-state index in [2.05, 4.69) is 15.2 Å². The Balaban J connectivity index is 0.00000338. The summed E-state index contributed by atoms with van der Waals surface area (Å²) in [5.41, 5.74) is 1.01. The maximum atomic E-state index is 13.0. The van der Waals surface area contributed by atoms with E-state index in [1.807, 2.05) is 18.9 Å². The van der Waals surface area contributed by atoms with Crippen LogP contribution in [0, 0.1) is 5.82 Å². The van der Waals surface area contributed by atoms with Gasteiger partial charge >= 0.3 is 0 Å². The molecule has 6 nitrogen and oxygen atoms in total. The maximum absolute atomic E-state index is 13.0. The predicted octanol–water partition coefficient (Wildman–Crippen LogP) is 1.57. The predicted molar refractivity (Wildman–Crippen MR) is 114 cm³/mol. The first-order valence-corrected chi connectivity index (χ1v) is 10.4. The highest BCUT2D eigenvalue weighted by Crippen LogP contribution is 2.06. The van der Waals surface area contributed by atoms with Gasteiger partial charge in [0.2, 0.25) is 0 Å². The van der Waals surface area contributed by atoms with E-state index in [4.69, 9.17) is 0 Å². The van der Waals surface area contributed by atoms with Crippen molar-refractivity contribution < 1.29 is 12.8 Å². The van der Waals surface area contributed by atoms with Gasteiger partial charge in [-0.05, 0) is 24.6 Å². The van der Waals surface area contributed by atoms with Gasteiger partial charge in [0.05, 0.1) is 18.1 Å². The normalized spacial score (nSPS) is 17.4. The highest BCUT2D eigenvalue weighted by Gasteiger charge is 2.20. The average molecular weight is 498 g/mol. The average Bonchev–Trinajstić information content (AvgIpc) is 2.57. The Kier molecular flexibility index (Phi) is 9.80. The number of hydrogen-bond acceptors (Lipinski definition) is 4. The zero-order valence-corrected chi connectivity index (χ0v) is 18.5. The minimum atomic E-state index is -2.84. The minimum Gasteiger partial charge on any atom is -0.357 e. The van der Waals surface area contributed by atoms with Crippen molar-refractivity contribution in [3.05, 3.63) is 35.6 Å². The lowest BCUT2D eigenvalue weighted by atomic mass is 10.2. The standard InChI is InChI=1S/C17H27FN4O2S.HI/c1-3-19-17(21(2)14-15-4-6-16(18)7-5-15)20-8-9-22-10-12-25(23,24)13-11-22;/h4-7H,3,8-14H2,1-2H3,(H,19,20);1H. The first-order valence-electron chi connectivity index (χ1n) is 8.56. The molecule has 0 amide bonds. The summed E-state index contributed by atoms with van der Waals surface area (Å²) in [6.07, 6.45) is 0. The maximum Gasteiger partial charge on any atom is 0.194 e. The van der Waals surface area contributed by atoms with Crippen molar-refractivity contribution in [3.63, 3.8) is 0 Å². The van der Waals surface area contributed by atoms with E-state index in [-0.39, 0.29) is 41.3 Å². The minimum absolute atomic E-state index is 0. The van der Waals surface area contributed by atoms with Crippen LogP contribution in [0.1, 0.15) is 12.5 Å². The van der Waals surface area contributed by atoms with Gasteiger partial charge in [0, 0.05) is 39.8 Å². The Labute approximate surface area is 172 Å². The van der Waals surface area contributed by atoms with Crippen LogP contribution in [0.3, 0.4) is 0 Å². The van der Waals surface area contributed by atoms with Crippen LogP contribution in [0.25, 0.3) is 0 Å². The van der Waals surface area contributed by atoms with Crippen LogP contribution >= 0.6 is 24.0 Å². The van der Waals surface area contributed by atoms with Gasteiger partial charge in [0.25, 0.3) is 0 Å². The molecule has 0 spiro atoms. The summed E-state index contributed by atoms with van der Waals surface area (Å²) in [6.45, 7) is 5.92. The summed E-state index contributed by atoms with van der Waals surface area (Å²) in [5, 5.41) is 3.25. The number of nitrogens with zero attached hydrogens (tertiary/aromatic N) is 3. The number of hydrogen-bond donors (Lipinski definition) is 1. The molecule has 26 heavy (non-hydrogen) atoms. The Bertz CT molecular complexity index is 669. The van der Waals surface area contributed by atoms with Crippen LogP contribution in [-0.2, 0) is 16.4 Å². The molecule has 0 unspecified atom stereocenters. The Hall–Kier alpha value is -0.940. The summed E-state index contributed by atoms with van der Waals surface area (Å²) in [6, 6.07) is 6.45. The third-order valence-corrected chi connectivity index (χ3v) is 5.75. The molecule has 0 radical (unpaired) electrons. The third-order valence-electron chi connectivity index (χ3n) is 4.14. The first kappa shape index (κ1) is 23.1. The molecule has 0 atom stereocenters. The second-order valence-electron chi connectivity index (χ2n) is 6.21. The number of rotatable bonds is 6. The fraction of sp³-hybridized carbons (Fsp3) is 0.588. The molecule has 1 fully saturated rings. The number of benzene rings is 1. The van der Waals surface area contributed by atoms with Crippen LogP contribution in [0.4, 0.5) is 4.39 Å². The molecule has 0 saturated carbocycles. The monoisotopic (exact) mass is 498 g/mol. The molecular weight excluding hydrogens is 470 g/mol. The third kappa shape index (κ3) is 7.75. The molecule has 1 heterocycles. The summed E-state index contributed by atoms with van der Waals surface area (Å²) in [5.74, 6) is 1.02. The molecule has 1 saturated heterocycles. The van der Waals surface area contributed by atoms with Gasteiger partial charge in [-0.1, -0.05) is 12.1 Å². The van der Waals surface area contributed by atoms with E-state index in [9.17, 15) is 12.8 Å². The topological polar surface area (TPSA) is 65.0 Å². The smallest absolute Gasteiger partial charge is 0.194 e. The highest BCUT2D eigenvalue weighted by molar-refractivity contribution is 14.0. The Morgan fingerprint density at radius 2 is 1.88 bits per heavy atom. The van der Waals surface area contributed by atoms with Crippen LogP contribution in [0.5, 0.6) is 0 Å². The van der Waals surface area contributed by atoms with Crippen molar-refractivity contribution in [1.29, 1.82) is 0 Å². The van der Waals surface area contributed by atoms with Gasteiger partial charge < -0.3 is 10.2 Å². The van der Waals surface area contributed by atoms with Gasteiger partial charge in [-0.3, -0.25) is 9.89 Å². The Morgan fingerprint density at radius 1 is 1.27 bits per heavy atom. The van der Waals surface area contributed by atoms with E-state index in [1.165, 1.54) is 12.1 Å². The van der Waals surface area contributed by atoms with Crippen molar-refractivity contribution in [3.8, 4) is 0 Å². The molecule has 0 aliphatic carbocycles. The molecular formula is C17H28FIN4O2S. The van der Waals surface area contributed by atoms with Crippen LogP contribution in [0.15, 0.2) is 29.3 Å². The molecule has 0 aromatic heterocycles. The lowest BCUT2D eigenvalue weighted by Crippen LogP contribution is -2.42. The molecule has 1 aliphatic heterocycles. The second kappa shape index (κ2) is 11.0.